The van der Waals surface area contributed by atoms with Gasteiger partial charge in [-0.3, -0.25) is 9.59 Å². The number of hydrogen-bond donors (Lipinski definition) is 2. The van der Waals surface area contributed by atoms with Crippen molar-refractivity contribution in [3.05, 3.63) is 74.6 Å². The molecule has 2 aromatic carbocycles. The van der Waals surface area contributed by atoms with Crippen LogP contribution in [0.4, 0.5) is 5.00 Å². The van der Waals surface area contributed by atoms with E-state index >= 15 is 0 Å². The Kier molecular flexibility index (Phi) is 9.56. The van der Waals surface area contributed by atoms with E-state index in [0.29, 0.717) is 39.3 Å². The van der Waals surface area contributed by atoms with Gasteiger partial charge in [-0.05, 0) is 79.6 Å². The maximum atomic E-state index is 12.6. The van der Waals surface area contributed by atoms with Crippen molar-refractivity contribution in [2.75, 3.05) is 19.0 Å². The van der Waals surface area contributed by atoms with Gasteiger partial charge in [-0.2, -0.15) is 5.10 Å². The minimum Gasteiger partial charge on any atom is -0.493 e. The number of aryl methyl sites for hydroxylation is 1. The number of carbonyl (C=O) groups excluding carboxylic acids is 3. The lowest BCUT2D eigenvalue weighted by molar-refractivity contribution is -0.136. The molecule has 1 aromatic heterocycles. The normalized spacial score (nSPS) is 12.5. The molecule has 2 amide bonds. The molecule has 1 aliphatic rings. The molecule has 0 atom stereocenters. The fourth-order valence-corrected chi connectivity index (χ4v) is 5.47. The Morgan fingerprint density at radius 3 is 2.56 bits per heavy atom. The molecule has 4 rings (SSSR count). The Morgan fingerprint density at radius 1 is 1.05 bits per heavy atom. The van der Waals surface area contributed by atoms with Gasteiger partial charge < -0.3 is 19.5 Å². The third-order valence-corrected chi connectivity index (χ3v) is 7.42. The van der Waals surface area contributed by atoms with E-state index in [1.807, 2.05) is 12.1 Å². The number of fused-ring (bicyclic) bond motifs is 1. The van der Waals surface area contributed by atoms with Crippen LogP contribution in [0.1, 0.15) is 51.7 Å². The number of nitrogens with one attached hydrogen (secondary N) is 2. The number of hydrazone groups is 1. The molecule has 2 N–H and O–H groups in total. The summed E-state index contributed by atoms with van der Waals surface area (Å²) in [5.41, 5.74) is 5.01. The summed E-state index contributed by atoms with van der Waals surface area (Å²) in [5.74, 6) is -1.39. The lowest BCUT2D eigenvalue weighted by Gasteiger charge is -2.12. The van der Waals surface area contributed by atoms with Gasteiger partial charge >= 0.3 is 17.8 Å². The molecule has 1 aliphatic carbocycles. The fraction of sp³-hybridized carbons (Fsp3) is 0.286. The highest BCUT2D eigenvalue weighted by Crippen LogP contribution is 2.38. The molecule has 39 heavy (non-hydrogen) atoms. The second kappa shape index (κ2) is 13.3. The van der Waals surface area contributed by atoms with Crippen LogP contribution in [0.25, 0.3) is 0 Å². The monoisotopic (exact) mass is 569 g/mol. The Hall–Kier alpha value is -3.89. The van der Waals surface area contributed by atoms with Crippen LogP contribution in [0, 0.1) is 0 Å². The maximum absolute atomic E-state index is 12.6. The zero-order chi connectivity index (χ0) is 27.8. The first-order valence-corrected chi connectivity index (χ1v) is 13.6. The Morgan fingerprint density at radius 2 is 1.82 bits per heavy atom. The van der Waals surface area contributed by atoms with Crippen LogP contribution >= 0.6 is 22.9 Å². The van der Waals surface area contributed by atoms with Gasteiger partial charge in [0.2, 0.25) is 0 Å². The van der Waals surface area contributed by atoms with Gasteiger partial charge in [-0.25, -0.2) is 10.2 Å². The highest BCUT2D eigenvalue weighted by atomic mass is 35.5. The van der Waals surface area contributed by atoms with Crippen molar-refractivity contribution >= 4 is 51.9 Å². The van der Waals surface area contributed by atoms with Gasteiger partial charge in [0.25, 0.3) is 0 Å². The first kappa shape index (κ1) is 28.1. The number of anilines is 1. The van der Waals surface area contributed by atoms with Crippen molar-refractivity contribution in [1.82, 2.24) is 5.43 Å². The molecule has 204 valence electrons. The molecule has 0 radical (unpaired) electrons. The van der Waals surface area contributed by atoms with E-state index < -0.39 is 17.8 Å². The molecule has 11 heteroatoms. The Balaban J connectivity index is 1.37. The van der Waals surface area contributed by atoms with Crippen LogP contribution < -0.4 is 20.2 Å². The molecule has 0 unspecified atom stereocenters. The highest BCUT2D eigenvalue weighted by Gasteiger charge is 2.28. The van der Waals surface area contributed by atoms with Crippen LogP contribution in [0.5, 0.6) is 11.5 Å². The summed E-state index contributed by atoms with van der Waals surface area (Å²) >= 11 is 7.23. The van der Waals surface area contributed by atoms with Crippen LogP contribution in [0.15, 0.2) is 47.6 Å². The summed E-state index contributed by atoms with van der Waals surface area (Å²) in [5, 5.41) is 7.41. The number of hydrogen-bond acceptors (Lipinski definition) is 8. The number of rotatable bonds is 9. The van der Waals surface area contributed by atoms with E-state index in [1.54, 1.807) is 37.3 Å². The number of ether oxygens (including phenoxy) is 3. The molecular formula is C28H28ClN3O6S. The number of amides is 2. The standard InChI is InChI=1S/C28H28ClN3O6S/c1-3-37-28(35)24-20-6-4-5-7-23(20)39-27(24)31-25(33)26(34)32-30-15-18-10-13-21(22(14-18)36-2)38-16-17-8-11-19(29)12-9-17/h8-15H,3-7,16H2,1-2H3,(H,31,33)(H,32,34). The van der Waals surface area contributed by atoms with E-state index in [-0.39, 0.29) is 6.61 Å². The van der Waals surface area contributed by atoms with Gasteiger partial charge in [-0.15, -0.1) is 11.3 Å². The first-order chi connectivity index (χ1) is 18.9. The molecule has 3 aromatic rings. The van der Waals surface area contributed by atoms with E-state index in [1.165, 1.54) is 24.7 Å². The summed E-state index contributed by atoms with van der Waals surface area (Å²) in [7, 11) is 1.52. The Bertz CT molecular complexity index is 1390. The number of methoxy groups -OCH3 is 1. The molecule has 0 aliphatic heterocycles. The second-order valence-corrected chi connectivity index (χ2v) is 10.2. The minimum atomic E-state index is -0.970. The SMILES string of the molecule is CCOC(=O)c1c(NC(=O)C(=O)NN=Cc2ccc(OCc3ccc(Cl)cc3)c(OC)c2)sc2c1CCCC2. The number of nitrogens with zero attached hydrogens (tertiary/aromatic N) is 1. The van der Waals surface area contributed by atoms with Crippen molar-refractivity contribution in [1.29, 1.82) is 0 Å². The van der Waals surface area contributed by atoms with Crippen molar-refractivity contribution in [2.24, 2.45) is 5.10 Å². The molecule has 0 saturated carbocycles. The van der Waals surface area contributed by atoms with Gasteiger partial charge in [-0.1, -0.05) is 23.7 Å². The van der Waals surface area contributed by atoms with Crippen LogP contribution in [-0.4, -0.2) is 37.7 Å². The molecule has 9 nitrogen and oxygen atoms in total. The summed E-state index contributed by atoms with van der Waals surface area (Å²) in [6, 6.07) is 12.5. The predicted molar refractivity (Wildman–Crippen MR) is 150 cm³/mol. The molecular weight excluding hydrogens is 542 g/mol. The van der Waals surface area contributed by atoms with Crippen LogP contribution in [0.2, 0.25) is 5.02 Å². The average Bonchev–Trinajstić information content (AvgIpc) is 3.31. The van der Waals surface area contributed by atoms with Gasteiger partial charge in [0, 0.05) is 9.90 Å². The molecule has 0 fully saturated rings. The Labute approximate surface area is 235 Å². The third kappa shape index (κ3) is 7.15. The largest absolute Gasteiger partial charge is 0.493 e. The third-order valence-electron chi connectivity index (χ3n) is 5.96. The quantitative estimate of drug-likeness (QED) is 0.160. The zero-order valence-corrected chi connectivity index (χ0v) is 23.1. The number of carbonyl (C=O) groups is 3. The van der Waals surface area contributed by atoms with Crippen molar-refractivity contribution in [3.63, 3.8) is 0 Å². The summed E-state index contributed by atoms with van der Waals surface area (Å²) in [6.45, 7) is 2.27. The van der Waals surface area contributed by atoms with Crippen molar-refractivity contribution in [2.45, 2.75) is 39.2 Å². The van der Waals surface area contributed by atoms with E-state index in [4.69, 9.17) is 25.8 Å². The zero-order valence-electron chi connectivity index (χ0n) is 21.5. The lowest BCUT2D eigenvalue weighted by Crippen LogP contribution is -2.32. The smallest absolute Gasteiger partial charge is 0.341 e. The molecule has 0 saturated heterocycles. The van der Waals surface area contributed by atoms with Gasteiger partial charge in [0.05, 0.1) is 25.5 Å². The number of esters is 1. The average molecular weight is 570 g/mol. The number of halogens is 1. The summed E-state index contributed by atoms with van der Waals surface area (Å²) < 4.78 is 16.4. The summed E-state index contributed by atoms with van der Waals surface area (Å²) in [6.07, 6.45) is 4.91. The van der Waals surface area contributed by atoms with Crippen molar-refractivity contribution in [3.8, 4) is 11.5 Å². The first-order valence-electron chi connectivity index (χ1n) is 12.4. The minimum absolute atomic E-state index is 0.215. The van der Waals surface area contributed by atoms with E-state index in [9.17, 15) is 14.4 Å². The molecule has 0 bridgehead atoms. The van der Waals surface area contributed by atoms with Gasteiger partial charge in [0.1, 0.15) is 11.6 Å². The molecule has 1 heterocycles. The van der Waals surface area contributed by atoms with Crippen LogP contribution in [0.3, 0.4) is 0 Å². The van der Waals surface area contributed by atoms with E-state index in [0.717, 1.165) is 41.7 Å². The topological polar surface area (TPSA) is 115 Å². The van der Waals surface area contributed by atoms with Crippen molar-refractivity contribution < 1.29 is 28.6 Å². The lowest BCUT2D eigenvalue weighted by atomic mass is 9.95. The highest BCUT2D eigenvalue weighted by molar-refractivity contribution is 7.17. The second-order valence-electron chi connectivity index (χ2n) is 8.61. The van der Waals surface area contributed by atoms with Crippen LogP contribution in [-0.2, 0) is 33.8 Å². The van der Waals surface area contributed by atoms with E-state index in [2.05, 4.69) is 15.8 Å². The fourth-order valence-electron chi connectivity index (χ4n) is 4.07. The number of thiophene rings is 1. The number of benzene rings is 2. The maximum Gasteiger partial charge on any atom is 0.341 e. The molecule has 0 spiro atoms. The van der Waals surface area contributed by atoms with Gasteiger partial charge in [0.15, 0.2) is 11.5 Å². The predicted octanol–water partition coefficient (Wildman–Crippen LogP) is 5.13. The summed E-state index contributed by atoms with van der Waals surface area (Å²) in [4.78, 5) is 38.6.